The maximum atomic E-state index is 12.6. The molecule has 7 nitrogen and oxygen atoms in total. The molecule has 0 radical (unpaired) electrons. The number of benzene rings is 1. The maximum Gasteiger partial charge on any atom is 0.254 e. The molecule has 2 aromatic rings. The predicted octanol–water partition coefficient (Wildman–Crippen LogP) is 3.47. The third-order valence-corrected chi connectivity index (χ3v) is 6.69. The van der Waals surface area contributed by atoms with Gasteiger partial charge in [-0.2, -0.15) is 0 Å². The molecule has 33 heavy (non-hydrogen) atoms. The van der Waals surface area contributed by atoms with Crippen molar-refractivity contribution in [1.29, 1.82) is 0 Å². The molecule has 2 heterocycles. The second kappa shape index (κ2) is 12.1. The maximum absolute atomic E-state index is 12.6. The van der Waals surface area contributed by atoms with Crippen molar-refractivity contribution in [2.75, 3.05) is 38.7 Å². The first-order chi connectivity index (χ1) is 15.9. The Morgan fingerprint density at radius 3 is 2.45 bits per heavy atom. The molecule has 1 aromatic heterocycles. The molecule has 1 aromatic carbocycles. The number of anilines is 1. The van der Waals surface area contributed by atoms with Crippen molar-refractivity contribution >= 4 is 11.9 Å². The van der Waals surface area contributed by atoms with Gasteiger partial charge in [0.05, 0.1) is 11.7 Å². The molecular formula is C26H39N5O2. The van der Waals surface area contributed by atoms with Crippen LogP contribution in [0, 0.1) is 0 Å². The van der Waals surface area contributed by atoms with Gasteiger partial charge in [-0.25, -0.2) is 9.97 Å². The zero-order valence-corrected chi connectivity index (χ0v) is 20.8. The van der Waals surface area contributed by atoms with E-state index in [-0.39, 0.29) is 12.0 Å². The van der Waals surface area contributed by atoms with Crippen LogP contribution in [0.4, 0.5) is 5.95 Å². The number of fused-ring (bicyclic) bond motifs is 1. The van der Waals surface area contributed by atoms with Crippen LogP contribution < -0.4 is 10.2 Å². The van der Waals surface area contributed by atoms with Gasteiger partial charge in [-0.15, -0.1) is 0 Å². The average Bonchev–Trinajstić information content (AvgIpc) is 3.05. The molecule has 0 spiro atoms. The number of rotatable bonds is 10. The molecular weight excluding hydrogens is 414 g/mol. The normalized spacial score (nSPS) is 15.1. The van der Waals surface area contributed by atoms with Gasteiger partial charge < -0.3 is 15.0 Å². The molecule has 3 rings (SSSR count). The zero-order valence-electron chi connectivity index (χ0n) is 20.8. The number of carbonyl (C=O) groups excluding carboxylic acids is 1. The molecule has 1 atom stereocenters. The van der Waals surface area contributed by atoms with Crippen molar-refractivity contribution in [3.8, 4) is 0 Å². The fourth-order valence-corrected chi connectivity index (χ4v) is 4.54. The van der Waals surface area contributed by atoms with E-state index in [1.165, 1.54) is 24.0 Å². The summed E-state index contributed by atoms with van der Waals surface area (Å²) in [6.45, 7) is 9.97. The Morgan fingerprint density at radius 2 is 1.82 bits per heavy atom. The molecule has 1 N–H and O–H groups in total. The Morgan fingerprint density at radius 1 is 1.15 bits per heavy atom. The molecule has 7 heteroatoms. The van der Waals surface area contributed by atoms with E-state index in [0.717, 1.165) is 31.5 Å². The Balaban J connectivity index is 1.56. The lowest BCUT2D eigenvalue weighted by Gasteiger charge is -2.28. The van der Waals surface area contributed by atoms with Crippen LogP contribution in [0.15, 0.2) is 30.6 Å². The van der Waals surface area contributed by atoms with E-state index in [1.54, 1.807) is 19.5 Å². The van der Waals surface area contributed by atoms with Gasteiger partial charge >= 0.3 is 0 Å². The third-order valence-electron chi connectivity index (χ3n) is 6.69. The number of hydrogen-bond donors (Lipinski definition) is 1. The quantitative estimate of drug-likeness (QED) is 0.594. The zero-order chi connectivity index (χ0) is 23.8. The number of nitrogens with zero attached hydrogens (tertiary/aromatic N) is 4. The molecule has 1 aliphatic rings. The summed E-state index contributed by atoms with van der Waals surface area (Å²) in [5.74, 6) is 0.410. The first-order valence-electron chi connectivity index (χ1n) is 12.1. The van der Waals surface area contributed by atoms with Gasteiger partial charge in [-0.3, -0.25) is 9.69 Å². The highest BCUT2D eigenvalue weighted by molar-refractivity contribution is 5.93. The molecule has 1 unspecified atom stereocenters. The fourth-order valence-electron chi connectivity index (χ4n) is 4.54. The fraction of sp³-hybridized carbons (Fsp3) is 0.577. The second-order valence-electron chi connectivity index (χ2n) is 8.99. The summed E-state index contributed by atoms with van der Waals surface area (Å²) in [6, 6.07) is 7.31. The van der Waals surface area contributed by atoms with E-state index in [1.807, 2.05) is 18.9 Å². The number of methoxy groups -OCH3 is 1. The van der Waals surface area contributed by atoms with Gasteiger partial charge in [-0.1, -0.05) is 32.0 Å². The van der Waals surface area contributed by atoms with Crippen LogP contribution >= 0.6 is 0 Å². The van der Waals surface area contributed by atoms with Gasteiger partial charge in [0.25, 0.3) is 5.91 Å². The van der Waals surface area contributed by atoms with Crippen LogP contribution in [0.25, 0.3) is 0 Å². The Kier molecular flexibility index (Phi) is 9.21. The lowest BCUT2D eigenvalue weighted by atomic mass is 10.00. The van der Waals surface area contributed by atoms with E-state index < -0.39 is 0 Å². The summed E-state index contributed by atoms with van der Waals surface area (Å²) in [7, 11) is 3.59. The summed E-state index contributed by atoms with van der Waals surface area (Å²) in [5, 5.41) is 3.01. The predicted molar refractivity (Wildman–Crippen MR) is 133 cm³/mol. The van der Waals surface area contributed by atoms with Crippen molar-refractivity contribution in [3.05, 3.63) is 52.8 Å². The molecule has 1 aliphatic heterocycles. The van der Waals surface area contributed by atoms with Crippen molar-refractivity contribution in [1.82, 2.24) is 20.2 Å². The summed E-state index contributed by atoms with van der Waals surface area (Å²) in [6.07, 6.45) is 7.81. The van der Waals surface area contributed by atoms with Crippen LogP contribution in [0.5, 0.6) is 0 Å². The summed E-state index contributed by atoms with van der Waals surface area (Å²) in [4.78, 5) is 25.8. The second-order valence-corrected chi connectivity index (χ2v) is 8.99. The highest BCUT2D eigenvalue weighted by Gasteiger charge is 2.19. The Labute approximate surface area is 198 Å². The van der Waals surface area contributed by atoms with Gasteiger partial charge in [0, 0.05) is 58.8 Å². The minimum Gasteiger partial charge on any atom is -0.380 e. The highest BCUT2D eigenvalue weighted by atomic mass is 16.5. The van der Waals surface area contributed by atoms with E-state index in [9.17, 15) is 4.79 Å². The van der Waals surface area contributed by atoms with Crippen LogP contribution in [0.3, 0.4) is 0 Å². The van der Waals surface area contributed by atoms with Crippen LogP contribution in [-0.2, 0) is 24.1 Å². The van der Waals surface area contributed by atoms with E-state index in [0.29, 0.717) is 30.6 Å². The number of hydrogen-bond acceptors (Lipinski definition) is 6. The Hall–Kier alpha value is -2.51. The van der Waals surface area contributed by atoms with Crippen LogP contribution in [0.1, 0.15) is 60.7 Å². The topological polar surface area (TPSA) is 70.6 Å². The van der Waals surface area contributed by atoms with Gasteiger partial charge in [0.1, 0.15) is 0 Å². The number of likely N-dealkylation sites (N-methyl/N-ethyl adjacent to an activating group) is 1. The number of ether oxygens (including phenoxy) is 1. The lowest BCUT2D eigenvalue weighted by molar-refractivity contribution is 0.0950. The van der Waals surface area contributed by atoms with Crippen LogP contribution in [0.2, 0.25) is 0 Å². The largest absolute Gasteiger partial charge is 0.380 e. The van der Waals surface area contributed by atoms with Crippen molar-refractivity contribution in [3.63, 3.8) is 0 Å². The highest BCUT2D eigenvalue weighted by Crippen LogP contribution is 2.21. The minimum absolute atomic E-state index is 0.0743. The standard InChI is InChI=1S/C26H39N5O2/c1-6-24(7-2)31-12-10-21-9-8-20(14-22(21)11-13-31)15-27-25(32)23-16-28-26(29-17-23)30(4)18-19(3)33-5/h8-9,14,16-17,19,24H,6-7,10-13,15,18H2,1-5H3,(H,27,32). The van der Waals surface area contributed by atoms with Crippen molar-refractivity contribution in [2.24, 2.45) is 0 Å². The van der Waals surface area contributed by atoms with E-state index >= 15 is 0 Å². The number of carbonyl (C=O) groups is 1. The molecule has 1 amide bonds. The SMILES string of the molecule is CCC(CC)N1CCc2ccc(CNC(=O)c3cnc(N(C)CC(C)OC)nc3)cc2CC1. The number of aromatic nitrogens is 2. The van der Waals surface area contributed by atoms with Crippen molar-refractivity contribution in [2.45, 2.75) is 65.1 Å². The van der Waals surface area contributed by atoms with Crippen LogP contribution in [-0.4, -0.2) is 66.7 Å². The average molecular weight is 454 g/mol. The molecule has 0 saturated carbocycles. The van der Waals surface area contributed by atoms with Gasteiger partial charge in [0.15, 0.2) is 0 Å². The molecule has 0 fully saturated rings. The monoisotopic (exact) mass is 453 g/mol. The smallest absolute Gasteiger partial charge is 0.254 e. The number of nitrogens with one attached hydrogen (secondary N) is 1. The molecule has 0 saturated heterocycles. The summed E-state index contributed by atoms with van der Waals surface area (Å²) < 4.78 is 5.28. The first kappa shape index (κ1) is 25.1. The van der Waals surface area contributed by atoms with Gasteiger partial charge in [0.2, 0.25) is 5.95 Å². The first-order valence-corrected chi connectivity index (χ1v) is 12.1. The van der Waals surface area contributed by atoms with E-state index in [2.05, 4.69) is 52.2 Å². The number of amides is 1. The minimum atomic E-state index is -0.163. The molecule has 0 aliphatic carbocycles. The third kappa shape index (κ3) is 6.74. The summed E-state index contributed by atoms with van der Waals surface area (Å²) >= 11 is 0. The van der Waals surface area contributed by atoms with Gasteiger partial charge in [-0.05, 0) is 49.3 Å². The summed E-state index contributed by atoms with van der Waals surface area (Å²) in [5.41, 5.74) is 4.44. The van der Waals surface area contributed by atoms with Crippen molar-refractivity contribution < 1.29 is 9.53 Å². The Bertz CT molecular complexity index is 898. The molecule has 180 valence electrons. The molecule has 0 bridgehead atoms. The lowest BCUT2D eigenvalue weighted by Crippen LogP contribution is -2.36. The van der Waals surface area contributed by atoms with E-state index in [4.69, 9.17) is 4.74 Å².